The number of unbranched alkanes of at least 4 members (excludes halogenated alkanes) is 1. The number of hydrogen-bond acceptors (Lipinski definition) is 7. The molecule has 10 heteroatoms. The molecule has 1 atom stereocenters. The number of benzene rings is 1. The second-order valence-electron chi connectivity index (χ2n) is 7.43. The lowest BCUT2D eigenvalue weighted by atomic mass is 9.98. The number of H-pyrrole nitrogens is 1. The van der Waals surface area contributed by atoms with Crippen molar-refractivity contribution in [3.05, 3.63) is 44.5 Å². The molecule has 2 N–H and O–H groups in total. The number of hydrogen-bond donors (Lipinski definition) is 2. The van der Waals surface area contributed by atoms with E-state index < -0.39 is 11.6 Å². The summed E-state index contributed by atoms with van der Waals surface area (Å²) in [6.07, 6.45) is 2.22. The monoisotopic (exact) mass is 444 g/mol. The Morgan fingerprint density at radius 3 is 2.84 bits per heavy atom. The standard InChI is InChI=1S/C21H24N4O5S/c1-3-5-8-24-20(28)18(19(27)22-21(24)31)13-10-14(25(23-13)17(26)4-2)12-6-7-15-16(9-12)30-11-29-15/h6-7,9,14,28H,3-5,8,10-11H2,1-2H3,(H,22,27,31)/t14-/m1/s1. The lowest BCUT2D eigenvalue weighted by molar-refractivity contribution is -0.132. The Hall–Kier alpha value is -3.14. The molecule has 1 aromatic carbocycles. The van der Waals surface area contributed by atoms with E-state index in [4.69, 9.17) is 21.7 Å². The fourth-order valence-electron chi connectivity index (χ4n) is 3.78. The van der Waals surface area contributed by atoms with Crippen LogP contribution in [-0.4, -0.2) is 38.1 Å². The Balaban J connectivity index is 1.75. The van der Waals surface area contributed by atoms with E-state index in [9.17, 15) is 14.7 Å². The molecule has 0 saturated carbocycles. The minimum absolute atomic E-state index is 0.0434. The Morgan fingerprint density at radius 2 is 2.10 bits per heavy atom. The zero-order valence-electron chi connectivity index (χ0n) is 17.4. The van der Waals surface area contributed by atoms with Crippen LogP contribution in [0.1, 0.15) is 56.7 Å². The summed E-state index contributed by atoms with van der Waals surface area (Å²) >= 11 is 5.22. The van der Waals surface area contributed by atoms with Crippen LogP contribution in [-0.2, 0) is 11.3 Å². The number of ether oxygens (including phenoxy) is 2. The lowest BCUT2D eigenvalue weighted by Crippen LogP contribution is -2.26. The van der Waals surface area contributed by atoms with E-state index in [1.807, 2.05) is 19.1 Å². The summed E-state index contributed by atoms with van der Waals surface area (Å²) < 4.78 is 12.5. The van der Waals surface area contributed by atoms with Gasteiger partial charge in [-0.3, -0.25) is 19.1 Å². The first-order valence-electron chi connectivity index (χ1n) is 10.3. The normalized spacial score (nSPS) is 17.2. The molecule has 3 heterocycles. The molecule has 164 valence electrons. The van der Waals surface area contributed by atoms with Crippen LogP contribution in [0.25, 0.3) is 0 Å². The maximum atomic E-state index is 12.7. The van der Waals surface area contributed by atoms with Gasteiger partial charge >= 0.3 is 0 Å². The summed E-state index contributed by atoms with van der Waals surface area (Å²) in [4.78, 5) is 28.0. The van der Waals surface area contributed by atoms with Crippen LogP contribution in [0, 0.1) is 4.77 Å². The molecule has 0 spiro atoms. The van der Waals surface area contributed by atoms with E-state index >= 15 is 0 Å². The van der Waals surface area contributed by atoms with Gasteiger partial charge in [0.1, 0.15) is 5.56 Å². The maximum Gasteiger partial charge on any atom is 0.264 e. The van der Waals surface area contributed by atoms with Gasteiger partial charge in [0, 0.05) is 19.4 Å². The molecule has 2 aliphatic rings. The number of rotatable bonds is 6. The minimum Gasteiger partial charge on any atom is -0.494 e. The van der Waals surface area contributed by atoms with Crippen molar-refractivity contribution in [3.63, 3.8) is 0 Å². The first-order valence-corrected chi connectivity index (χ1v) is 10.7. The first kappa shape index (κ1) is 21.1. The van der Waals surface area contributed by atoms with Crippen LogP contribution >= 0.6 is 12.2 Å². The molecular formula is C21H24N4O5S. The van der Waals surface area contributed by atoms with Crippen LogP contribution < -0.4 is 15.0 Å². The zero-order chi connectivity index (χ0) is 22.1. The van der Waals surface area contributed by atoms with Gasteiger partial charge in [0.25, 0.3) is 5.56 Å². The predicted octanol–water partition coefficient (Wildman–Crippen LogP) is 3.23. The molecule has 1 amide bonds. The molecule has 0 unspecified atom stereocenters. The summed E-state index contributed by atoms with van der Waals surface area (Å²) in [6, 6.07) is 5.03. The van der Waals surface area contributed by atoms with Crippen molar-refractivity contribution in [2.45, 2.75) is 52.1 Å². The highest BCUT2D eigenvalue weighted by Crippen LogP contribution is 2.39. The van der Waals surface area contributed by atoms with Gasteiger partial charge in [-0.2, -0.15) is 5.10 Å². The average molecular weight is 445 g/mol. The zero-order valence-corrected chi connectivity index (χ0v) is 18.2. The average Bonchev–Trinajstić information content (AvgIpc) is 3.39. The van der Waals surface area contributed by atoms with Crippen molar-refractivity contribution in [2.24, 2.45) is 5.10 Å². The number of aromatic amines is 1. The van der Waals surface area contributed by atoms with E-state index in [1.165, 1.54) is 9.58 Å². The Labute approximate surface area is 183 Å². The molecule has 31 heavy (non-hydrogen) atoms. The highest BCUT2D eigenvalue weighted by molar-refractivity contribution is 7.71. The van der Waals surface area contributed by atoms with Crippen LogP contribution in [0.15, 0.2) is 28.1 Å². The van der Waals surface area contributed by atoms with Crippen molar-refractivity contribution in [1.29, 1.82) is 0 Å². The first-order chi connectivity index (χ1) is 14.9. The fourth-order valence-corrected chi connectivity index (χ4v) is 4.05. The highest BCUT2D eigenvalue weighted by Gasteiger charge is 2.35. The van der Waals surface area contributed by atoms with E-state index in [0.29, 0.717) is 23.8 Å². The summed E-state index contributed by atoms with van der Waals surface area (Å²) in [5.74, 6) is 0.829. The molecule has 4 rings (SSSR count). The molecular weight excluding hydrogens is 420 g/mol. The number of hydrazone groups is 1. The van der Waals surface area contributed by atoms with E-state index in [1.54, 1.807) is 13.0 Å². The Kier molecular flexibility index (Phi) is 5.81. The second kappa shape index (κ2) is 8.54. The number of aromatic nitrogens is 2. The van der Waals surface area contributed by atoms with E-state index in [-0.39, 0.29) is 41.8 Å². The van der Waals surface area contributed by atoms with Crippen LogP contribution in [0.3, 0.4) is 0 Å². The summed E-state index contributed by atoms with van der Waals surface area (Å²) in [6.45, 7) is 4.40. The quantitative estimate of drug-likeness (QED) is 0.662. The largest absolute Gasteiger partial charge is 0.494 e. The molecule has 0 fully saturated rings. The molecule has 9 nitrogen and oxygen atoms in total. The number of nitrogens with one attached hydrogen (secondary N) is 1. The van der Waals surface area contributed by atoms with Crippen molar-refractivity contribution in [2.75, 3.05) is 6.79 Å². The van der Waals surface area contributed by atoms with Gasteiger partial charge < -0.3 is 14.6 Å². The predicted molar refractivity (Wildman–Crippen MR) is 116 cm³/mol. The molecule has 1 aromatic heterocycles. The fraction of sp³-hybridized carbons (Fsp3) is 0.429. The van der Waals surface area contributed by atoms with Crippen LogP contribution in [0.5, 0.6) is 17.4 Å². The lowest BCUT2D eigenvalue weighted by Gasteiger charge is -2.21. The van der Waals surface area contributed by atoms with Gasteiger partial charge in [-0.15, -0.1) is 0 Å². The smallest absolute Gasteiger partial charge is 0.264 e. The Bertz CT molecular complexity index is 1170. The topological polar surface area (TPSA) is 109 Å². The maximum absolute atomic E-state index is 12.7. The number of aromatic hydroxyl groups is 1. The minimum atomic E-state index is -0.524. The molecule has 0 bridgehead atoms. The van der Waals surface area contributed by atoms with Crippen LogP contribution in [0.2, 0.25) is 0 Å². The summed E-state index contributed by atoms with van der Waals surface area (Å²) in [5, 5.41) is 16.7. The molecule has 2 aromatic rings. The van der Waals surface area contributed by atoms with Crippen LogP contribution in [0.4, 0.5) is 0 Å². The van der Waals surface area contributed by atoms with Gasteiger partial charge in [0.2, 0.25) is 18.6 Å². The Morgan fingerprint density at radius 1 is 1.32 bits per heavy atom. The summed E-state index contributed by atoms with van der Waals surface area (Å²) in [7, 11) is 0. The van der Waals surface area contributed by atoms with Crippen molar-refractivity contribution >= 4 is 23.8 Å². The molecule has 0 aliphatic carbocycles. The number of amides is 1. The highest BCUT2D eigenvalue weighted by atomic mass is 32.1. The van der Waals surface area contributed by atoms with Gasteiger partial charge in [0.05, 0.1) is 11.8 Å². The van der Waals surface area contributed by atoms with Crippen molar-refractivity contribution in [1.82, 2.24) is 14.6 Å². The van der Waals surface area contributed by atoms with Gasteiger partial charge in [0.15, 0.2) is 16.3 Å². The number of carbonyl (C=O) groups excluding carboxylic acids is 1. The number of fused-ring (bicyclic) bond motifs is 1. The molecule has 0 saturated heterocycles. The van der Waals surface area contributed by atoms with Crippen molar-refractivity contribution in [3.8, 4) is 17.4 Å². The van der Waals surface area contributed by atoms with Gasteiger partial charge in [-0.1, -0.05) is 26.3 Å². The SMILES string of the molecule is CCCCn1c(O)c(C2=NN(C(=O)CC)[C@@H](c3ccc4c(c3)OCO4)C2)c(=O)[nH]c1=S. The van der Waals surface area contributed by atoms with Gasteiger partial charge in [-0.05, 0) is 36.3 Å². The summed E-state index contributed by atoms with van der Waals surface area (Å²) in [5.41, 5.74) is 0.661. The third-order valence-corrected chi connectivity index (χ3v) is 5.77. The number of carbonyl (C=O) groups is 1. The van der Waals surface area contributed by atoms with E-state index in [2.05, 4.69) is 10.1 Å². The molecule has 2 aliphatic heterocycles. The van der Waals surface area contributed by atoms with Gasteiger partial charge in [-0.25, -0.2) is 5.01 Å². The van der Waals surface area contributed by atoms with Crippen molar-refractivity contribution < 1.29 is 19.4 Å². The third kappa shape index (κ3) is 3.83. The second-order valence-corrected chi connectivity index (χ2v) is 7.82. The molecule has 0 radical (unpaired) electrons. The van der Waals surface area contributed by atoms with E-state index in [0.717, 1.165) is 18.4 Å². The third-order valence-electron chi connectivity index (χ3n) is 5.45. The number of nitrogens with zero attached hydrogens (tertiary/aromatic N) is 3.